The molecular formula is C14H15N3OS. The van der Waals surface area contributed by atoms with Crippen molar-refractivity contribution in [1.29, 1.82) is 0 Å². The molecule has 0 bridgehead atoms. The fraction of sp³-hybridized carbons (Fsp3) is 0.357. The Bertz CT molecular complexity index is 616. The molecule has 1 aliphatic heterocycles. The highest BCUT2D eigenvalue weighted by Crippen LogP contribution is 2.21. The van der Waals surface area contributed by atoms with Crippen LogP contribution in [0, 0.1) is 5.92 Å². The minimum atomic E-state index is 0.221. The van der Waals surface area contributed by atoms with Gasteiger partial charge in [0.1, 0.15) is 0 Å². The van der Waals surface area contributed by atoms with Crippen LogP contribution in [0.3, 0.4) is 0 Å². The van der Waals surface area contributed by atoms with Crippen LogP contribution >= 0.6 is 12.6 Å². The van der Waals surface area contributed by atoms with E-state index in [9.17, 15) is 4.79 Å². The van der Waals surface area contributed by atoms with E-state index in [0.29, 0.717) is 18.9 Å². The minimum absolute atomic E-state index is 0.221. The molecule has 1 fully saturated rings. The van der Waals surface area contributed by atoms with Crippen LogP contribution in [0.1, 0.15) is 12.0 Å². The van der Waals surface area contributed by atoms with E-state index in [-0.39, 0.29) is 5.91 Å². The smallest absolute Gasteiger partial charge is 0.223 e. The predicted octanol–water partition coefficient (Wildman–Crippen LogP) is 1.91. The standard InChI is InChI=1S/C14H15N3OS/c18-14-6-11(9-19)8-17(14)7-10-1-2-12-13(5-10)16-4-3-15-12/h1-5,11,19H,6-9H2. The number of benzene rings is 1. The summed E-state index contributed by atoms with van der Waals surface area (Å²) >= 11 is 4.27. The Balaban J connectivity index is 1.80. The number of hydrogen-bond acceptors (Lipinski definition) is 4. The molecule has 0 radical (unpaired) electrons. The topological polar surface area (TPSA) is 46.1 Å². The number of thiol groups is 1. The monoisotopic (exact) mass is 273 g/mol. The first-order valence-corrected chi connectivity index (χ1v) is 6.98. The number of rotatable bonds is 3. The third-order valence-corrected chi connectivity index (χ3v) is 3.98. The molecule has 2 aromatic rings. The van der Waals surface area contributed by atoms with Gasteiger partial charge in [-0.05, 0) is 29.4 Å². The quantitative estimate of drug-likeness (QED) is 0.869. The normalized spacial score (nSPS) is 19.3. The summed E-state index contributed by atoms with van der Waals surface area (Å²) < 4.78 is 0. The molecule has 98 valence electrons. The van der Waals surface area contributed by atoms with Gasteiger partial charge in [0, 0.05) is 31.9 Å². The third kappa shape index (κ3) is 2.56. The molecule has 3 rings (SSSR count). The van der Waals surface area contributed by atoms with Crippen LogP contribution in [0.5, 0.6) is 0 Å². The van der Waals surface area contributed by atoms with Gasteiger partial charge in [0.05, 0.1) is 11.0 Å². The van der Waals surface area contributed by atoms with Crippen molar-refractivity contribution >= 4 is 29.6 Å². The lowest BCUT2D eigenvalue weighted by Crippen LogP contribution is -2.24. The molecule has 4 nitrogen and oxygen atoms in total. The summed E-state index contributed by atoms with van der Waals surface area (Å²) in [5.41, 5.74) is 2.85. The largest absolute Gasteiger partial charge is 0.338 e. The van der Waals surface area contributed by atoms with Crippen LogP contribution in [0.4, 0.5) is 0 Å². The maximum atomic E-state index is 11.9. The number of carbonyl (C=O) groups excluding carboxylic acids is 1. The highest BCUT2D eigenvalue weighted by Gasteiger charge is 2.28. The number of carbonyl (C=O) groups is 1. The number of aromatic nitrogens is 2. The van der Waals surface area contributed by atoms with E-state index in [1.807, 2.05) is 23.1 Å². The Morgan fingerprint density at radius 1 is 1.26 bits per heavy atom. The zero-order valence-electron chi connectivity index (χ0n) is 10.5. The summed E-state index contributed by atoms with van der Waals surface area (Å²) in [6.07, 6.45) is 3.99. The summed E-state index contributed by atoms with van der Waals surface area (Å²) in [6, 6.07) is 5.97. The van der Waals surface area contributed by atoms with Crippen molar-refractivity contribution in [2.24, 2.45) is 5.92 Å². The van der Waals surface area contributed by atoms with Crippen molar-refractivity contribution in [3.05, 3.63) is 36.2 Å². The molecule has 1 atom stereocenters. The predicted molar refractivity (Wildman–Crippen MR) is 76.9 cm³/mol. The van der Waals surface area contributed by atoms with E-state index in [1.54, 1.807) is 12.4 Å². The molecule has 1 saturated heterocycles. The van der Waals surface area contributed by atoms with Crippen molar-refractivity contribution in [2.45, 2.75) is 13.0 Å². The first kappa shape index (κ1) is 12.4. The molecule has 1 aromatic heterocycles. The Hall–Kier alpha value is -1.62. The summed E-state index contributed by atoms with van der Waals surface area (Å²) in [6.45, 7) is 1.45. The van der Waals surface area contributed by atoms with Crippen LogP contribution in [-0.2, 0) is 11.3 Å². The lowest BCUT2D eigenvalue weighted by molar-refractivity contribution is -0.128. The average molecular weight is 273 g/mol. The van der Waals surface area contributed by atoms with E-state index >= 15 is 0 Å². The molecule has 1 amide bonds. The SMILES string of the molecule is O=C1CC(CS)CN1Cc1ccc2nccnc2c1. The summed E-state index contributed by atoms with van der Waals surface area (Å²) in [7, 11) is 0. The summed E-state index contributed by atoms with van der Waals surface area (Å²) in [4.78, 5) is 22.3. The van der Waals surface area contributed by atoms with Crippen molar-refractivity contribution in [1.82, 2.24) is 14.9 Å². The van der Waals surface area contributed by atoms with Crippen molar-refractivity contribution in [3.63, 3.8) is 0 Å². The molecule has 0 spiro atoms. The van der Waals surface area contributed by atoms with Crippen molar-refractivity contribution in [2.75, 3.05) is 12.3 Å². The molecule has 1 aromatic carbocycles. The molecule has 2 heterocycles. The van der Waals surface area contributed by atoms with Gasteiger partial charge in [-0.25, -0.2) is 0 Å². The number of hydrogen-bond donors (Lipinski definition) is 1. The Kier molecular flexibility index (Phi) is 3.38. The van der Waals surface area contributed by atoms with Gasteiger partial charge in [-0.2, -0.15) is 12.6 Å². The number of amides is 1. The molecule has 0 aliphatic carbocycles. The van der Waals surface area contributed by atoms with Gasteiger partial charge in [-0.15, -0.1) is 0 Å². The van der Waals surface area contributed by atoms with Crippen LogP contribution in [0.2, 0.25) is 0 Å². The van der Waals surface area contributed by atoms with Gasteiger partial charge in [0.25, 0.3) is 0 Å². The van der Waals surface area contributed by atoms with E-state index in [0.717, 1.165) is 28.9 Å². The van der Waals surface area contributed by atoms with Gasteiger partial charge in [-0.3, -0.25) is 14.8 Å². The van der Waals surface area contributed by atoms with Gasteiger partial charge in [-0.1, -0.05) is 6.07 Å². The number of nitrogens with zero attached hydrogens (tertiary/aromatic N) is 3. The maximum Gasteiger partial charge on any atom is 0.223 e. The Labute approximate surface area is 117 Å². The fourth-order valence-corrected chi connectivity index (χ4v) is 2.70. The van der Waals surface area contributed by atoms with Crippen LogP contribution < -0.4 is 0 Å². The van der Waals surface area contributed by atoms with E-state index in [2.05, 4.69) is 22.6 Å². The summed E-state index contributed by atoms with van der Waals surface area (Å²) in [5.74, 6) is 1.38. The van der Waals surface area contributed by atoms with Gasteiger partial charge in [0.2, 0.25) is 5.91 Å². The van der Waals surface area contributed by atoms with Gasteiger partial charge in [0.15, 0.2) is 0 Å². The van der Waals surface area contributed by atoms with Crippen molar-refractivity contribution < 1.29 is 4.79 Å². The number of fused-ring (bicyclic) bond motifs is 1. The van der Waals surface area contributed by atoms with E-state index < -0.39 is 0 Å². The molecule has 5 heteroatoms. The molecule has 19 heavy (non-hydrogen) atoms. The Morgan fingerprint density at radius 2 is 2.05 bits per heavy atom. The van der Waals surface area contributed by atoms with Gasteiger partial charge >= 0.3 is 0 Å². The van der Waals surface area contributed by atoms with Crippen molar-refractivity contribution in [3.8, 4) is 0 Å². The zero-order valence-corrected chi connectivity index (χ0v) is 11.4. The lowest BCUT2D eigenvalue weighted by atomic mass is 10.1. The second kappa shape index (κ2) is 5.17. The second-order valence-corrected chi connectivity index (χ2v) is 5.27. The minimum Gasteiger partial charge on any atom is -0.338 e. The molecule has 0 saturated carbocycles. The lowest BCUT2D eigenvalue weighted by Gasteiger charge is -2.16. The highest BCUT2D eigenvalue weighted by molar-refractivity contribution is 7.80. The molecule has 0 N–H and O–H groups in total. The first-order chi connectivity index (χ1) is 9.26. The second-order valence-electron chi connectivity index (χ2n) is 4.91. The maximum absolute atomic E-state index is 11.9. The van der Waals surface area contributed by atoms with E-state index in [1.165, 1.54) is 0 Å². The molecular weight excluding hydrogens is 258 g/mol. The number of likely N-dealkylation sites (tertiary alicyclic amines) is 1. The third-order valence-electron chi connectivity index (χ3n) is 3.46. The zero-order chi connectivity index (χ0) is 13.2. The molecule has 1 aliphatic rings. The Morgan fingerprint density at radius 3 is 2.79 bits per heavy atom. The van der Waals surface area contributed by atoms with Crippen LogP contribution in [0.15, 0.2) is 30.6 Å². The van der Waals surface area contributed by atoms with E-state index in [4.69, 9.17) is 0 Å². The highest BCUT2D eigenvalue weighted by atomic mass is 32.1. The fourth-order valence-electron chi connectivity index (χ4n) is 2.46. The average Bonchev–Trinajstić information content (AvgIpc) is 2.79. The van der Waals surface area contributed by atoms with Gasteiger partial charge < -0.3 is 4.90 Å². The first-order valence-electron chi connectivity index (χ1n) is 6.34. The van der Waals surface area contributed by atoms with Crippen LogP contribution in [0.25, 0.3) is 11.0 Å². The van der Waals surface area contributed by atoms with Crippen LogP contribution in [-0.4, -0.2) is 33.1 Å². The molecule has 1 unspecified atom stereocenters. The summed E-state index contributed by atoms with van der Waals surface area (Å²) in [5, 5.41) is 0.